The van der Waals surface area contributed by atoms with Crippen LogP contribution in [0.15, 0.2) is 48.8 Å². The molecule has 0 fully saturated rings. The normalized spacial score (nSPS) is 15.1. The second kappa shape index (κ2) is 25.0. The molecular weight excluding hydrogens is 685 g/mol. The van der Waals surface area contributed by atoms with Crippen molar-refractivity contribution in [1.82, 2.24) is 14.6 Å². The molecule has 0 saturated carbocycles. The summed E-state index contributed by atoms with van der Waals surface area (Å²) in [5.74, 6) is 0.161. The third kappa shape index (κ3) is 16.3. The van der Waals surface area contributed by atoms with Crippen LogP contribution in [-0.4, -0.2) is 67.8 Å². The van der Waals surface area contributed by atoms with Gasteiger partial charge in [-0.25, -0.2) is 14.1 Å². The maximum atomic E-state index is 13.1. The number of hydrogen-bond acceptors (Lipinski definition) is 11. The molecule has 0 aliphatic carbocycles. The number of nitrogens with zero attached hydrogens (tertiary/aromatic N) is 4. The average Bonchev–Trinajstić information content (AvgIpc) is 3.58. The molecule has 13 nitrogen and oxygen atoms in total. The molecule has 0 bridgehead atoms. The van der Waals surface area contributed by atoms with E-state index in [0.29, 0.717) is 18.5 Å². The zero-order valence-electron chi connectivity index (χ0n) is 30.8. The molecule has 0 amide bonds. The lowest BCUT2D eigenvalue weighted by molar-refractivity contribution is -0.0810. The van der Waals surface area contributed by atoms with Gasteiger partial charge in [-0.2, -0.15) is 10.4 Å². The molecule has 3 aromatic rings. The van der Waals surface area contributed by atoms with Gasteiger partial charge in [-0.05, 0) is 24.1 Å². The van der Waals surface area contributed by atoms with Gasteiger partial charge in [0, 0.05) is 13.0 Å². The lowest BCUT2D eigenvalue weighted by Crippen LogP contribution is -2.37. The van der Waals surface area contributed by atoms with Crippen LogP contribution >= 0.6 is 7.82 Å². The summed E-state index contributed by atoms with van der Waals surface area (Å²) in [5, 5.41) is 35.0. The standard InChI is InChI=1S/C38H60N5O8P/c1-2-3-4-5-6-7-8-9-10-11-12-13-14-15-16-20-25-48-27-32(26-31-21-18-17-19-22-31)51-52(46,47)50-28-35(49-29-39)37(45)36(44)33-23-24-34-38(40)41-30-42-43(33)34/h17-19,21-24,30,32,35-37,44-45H,2-16,20,25-28H2,1H3,(H,46,47)(H2,40,41,42)/t32-,35+,36-,37+/m0/s1. The van der Waals surface area contributed by atoms with Crippen LogP contribution in [0.5, 0.6) is 0 Å². The first-order chi connectivity index (χ1) is 25.3. The number of aliphatic hydroxyl groups is 2. The Morgan fingerprint density at radius 2 is 1.46 bits per heavy atom. The van der Waals surface area contributed by atoms with Crippen molar-refractivity contribution in [2.75, 3.05) is 25.6 Å². The van der Waals surface area contributed by atoms with E-state index in [2.05, 4.69) is 17.0 Å². The number of benzene rings is 1. The van der Waals surface area contributed by atoms with Gasteiger partial charge in [0.2, 0.25) is 0 Å². The van der Waals surface area contributed by atoms with Crippen molar-refractivity contribution in [3.63, 3.8) is 0 Å². The predicted molar refractivity (Wildman–Crippen MR) is 200 cm³/mol. The van der Waals surface area contributed by atoms with Crippen molar-refractivity contribution in [2.24, 2.45) is 0 Å². The Labute approximate surface area is 309 Å². The largest absolute Gasteiger partial charge is 0.472 e. The zero-order valence-corrected chi connectivity index (χ0v) is 31.7. The molecule has 3 rings (SSSR count). The number of hydrogen-bond donors (Lipinski definition) is 4. The van der Waals surface area contributed by atoms with Crippen molar-refractivity contribution in [3.05, 3.63) is 60.0 Å². The highest BCUT2D eigenvalue weighted by molar-refractivity contribution is 7.47. The minimum absolute atomic E-state index is 0.0628. The zero-order chi connectivity index (χ0) is 37.4. The number of phosphoric acid groups is 1. The van der Waals surface area contributed by atoms with Gasteiger partial charge in [-0.15, -0.1) is 0 Å². The van der Waals surface area contributed by atoms with E-state index < -0.39 is 38.8 Å². The number of aliphatic hydroxyl groups excluding tert-OH is 2. The van der Waals surface area contributed by atoms with Crippen LogP contribution < -0.4 is 5.73 Å². The molecule has 5 atom stereocenters. The van der Waals surface area contributed by atoms with Crippen LogP contribution in [0.4, 0.5) is 5.82 Å². The molecule has 1 aromatic carbocycles. The topological polar surface area (TPSA) is 195 Å². The first-order valence-electron chi connectivity index (χ1n) is 19.0. The van der Waals surface area contributed by atoms with Gasteiger partial charge < -0.3 is 30.3 Å². The summed E-state index contributed by atoms with van der Waals surface area (Å²) < 4.78 is 35.9. The maximum Gasteiger partial charge on any atom is 0.472 e. The summed E-state index contributed by atoms with van der Waals surface area (Å²) in [4.78, 5) is 14.5. The number of anilines is 1. The maximum absolute atomic E-state index is 13.1. The van der Waals surface area contributed by atoms with Gasteiger partial charge in [-0.1, -0.05) is 134 Å². The number of rotatable bonds is 30. The average molecular weight is 746 g/mol. The Morgan fingerprint density at radius 1 is 0.865 bits per heavy atom. The molecule has 14 heteroatoms. The Hall–Kier alpha value is -3.08. The minimum Gasteiger partial charge on any atom is -0.419 e. The highest BCUT2D eigenvalue weighted by Gasteiger charge is 2.35. The molecule has 0 saturated heterocycles. The van der Waals surface area contributed by atoms with Crippen LogP contribution in [0.2, 0.25) is 0 Å². The van der Waals surface area contributed by atoms with Crippen molar-refractivity contribution < 1.29 is 38.2 Å². The predicted octanol–water partition coefficient (Wildman–Crippen LogP) is 7.60. The molecule has 2 heterocycles. The summed E-state index contributed by atoms with van der Waals surface area (Å²) in [6.45, 7) is 2.08. The summed E-state index contributed by atoms with van der Waals surface area (Å²) >= 11 is 0. The quantitative estimate of drug-likeness (QED) is 0.0297. The van der Waals surface area contributed by atoms with Gasteiger partial charge in [0.25, 0.3) is 6.26 Å². The number of nitriles is 1. The lowest BCUT2D eigenvalue weighted by atomic mass is 10.0. The number of unbranched alkanes of at least 4 members (excludes halogenated alkanes) is 15. The number of nitrogen functional groups attached to an aromatic ring is 1. The number of aromatic nitrogens is 3. The Balaban J connectivity index is 1.38. The van der Waals surface area contributed by atoms with Crippen molar-refractivity contribution >= 4 is 19.2 Å². The molecule has 0 radical (unpaired) electrons. The molecule has 5 N–H and O–H groups in total. The summed E-state index contributed by atoms with van der Waals surface area (Å²) in [6.07, 6.45) is 17.7. The van der Waals surface area contributed by atoms with Gasteiger partial charge in [0.15, 0.2) is 11.9 Å². The number of ether oxygens (including phenoxy) is 2. The molecule has 290 valence electrons. The first kappa shape index (κ1) is 43.3. The number of fused-ring (bicyclic) bond motifs is 1. The third-order valence-corrected chi connectivity index (χ3v) is 10.2. The monoisotopic (exact) mass is 745 g/mol. The Kier molecular flexibility index (Phi) is 20.9. The second-order valence-corrected chi connectivity index (χ2v) is 14.8. The Morgan fingerprint density at radius 3 is 2.06 bits per heavy atom. The van der Waals surface area contributed by atoms with Crippen LogP contribution in [0.3, 0.4) is 0 Å². The summed E-state index contributed by atoms with van der Waals surface area (Å²) in [7, 11) is -4.74. The fourth-order valence-electron chi connectivity index (χ4n) is 6.20. The van der Waals surface area contributed by atoms with Gasteiger partial charge in [0.05, 0.1) is 25.0 Å². The van der Waals surface area contributed by atoms with Gasteiger partial charge in [-0.3, -0.25) is 9.05 Å². The molecule has 0 aliphatic heterocycles. The van der Waals surface area contributed by atoms with Crippen molar-refractivity contribution in [3.8, 4) is 6.26 Å². The van der Waals surface area contributed by atoms with E-state index in [1.807, 2.05) is 30.3 Å². The Bertz CT molecular complexity index is 1470. The molecular formula is C38H60N5O8P. The van der Waals surface area contributed by atoms with E-state index in [0.717, 1.165) is 24.8 Å². The van der Waals surface area contributed by atoms with Crippen LogP contribution in [-0.2, 0) is 29.5 Å². The molecule has 1 unspecified atom stereocenters. The highest BCUT2D eigenvalue weighted by Crippen LogP contribution is 2.45. The van der Waals surface area contributed by atoms with Gasteiger partial charge in [0.1, 0.15) is 24.1 Å². The number of phosphoric ester groups is 1. The second-order valence-electron chi connectivity index (χ2n) is 13.4. The third-order valence-electron chi connectivity index (χ3n) is 9.16. The minimum atomic E-state index is -4.74. The fourth-order valence-corrected chi connectivity index (χ4v) is 7.11. The SMILES string of the molecule is CCCCCCCCCCCCCCCCCCOC[C@H](Cc1ccccc1)OP(=O)(O)OC[C@@H](OC#N)[C@@H](O)[C@@H](O)c1ccc2c(N)ncnn12. The van der Waals surface area contributed by atoms with Gasteiger partial charge >= 0.3 is 7.82 Å². The van der Waals surface area contributed by atoms with Crippen LogP contribution in [0.25, 0.3) is 5.52 Å². The molecule has 2 aromatic heterocycles. The lowest BCUT2D eigenvalue weighted by Gasteiger charge is -2.26. The summed E-state index contributed by atoms with van der Waals surface area (Å²) in [5.41, 5.74) is 7.26. The van der Waals surface area contributed by atoms with Crippen LogP contribution in [0.1, 0.15) is 127 Å². The number of nitrogens with two attached hydrogens (primary N) is 1. The van der Waals surface area contributed by atoms with E-state index in [-0.39, 0.29) is 18.1 Å². The van der Waals surface area contributed by atoms with E-state index in [1.165, 1.54) is 107 Å². The molecule has 52 heavy (non-hydrogen) atoms. The van der Waals surface area contributed by atoms with Crippen molar-refractivity contribution in [2.45, 2.75) is 140 Å². The fraction of sp³-hybridized carbons (Fsp3) is 0.658. The van der Waals surface area contributed by atoms with E-state index in [1.54, 1.807) is 6.07 Å². The summed E-state index contributed by atoms with van der Waals surface area (Å²) in [6, 6.07) is 12.4. The molecule has 0 aliphatic rings. The molecule has 0 spiro atoms. The highest BCUT2D eigenvalue weighted by atomic mass is 31.2. The van der Waals surface area contributed by atoms with E-state index in [9.17, 15) is 24.9 Å². The van der Waals surface area contributed by atoms with E-state index >= 15 is 0 Å². The smallest absolute Gasteiger partial charge is 0.419 e. The van der Waals surface area contributed by atoms with E-state index in [4.69, 9.17) is 24.3 Å². The van der Waals surface area contributed by atoms with Crippen LogP contribution in [0, 0.1) is 11.5 Å². The first-order valence-corrected chi connectivity index (χ1v) is 20.5. The van der Waals surface area contributed by atoms with Crippen molar-refractivity contribution in [1.29, 1.82) is 5.26 Å².